The maximum absolute atomic E-state index is 12.9. The van der Waals surface area contributed by atoms with E-state index in [1.165, 1.54) is 6.92 Å². The fraction of sp³-hybridized carbons (Fsp3) is 0.786. The molecule has 1 N–H and O–H groups in total. The minimum Gasteiger partial charge on any atom is -0.481 e. The van der Waals surface area contributed by atoms with Crippen LogP contribution < -0.4 is 0 Å². The first-order valence-corrected chi connectivity index (χ1v) is 8.61. The van der Waals surface area contributed by atoms with Crippen molar-refractivity contribution in [3.8, 4) is 0 Å². The van der Waals surface area contributed by atoms with E-state index in [1.54, 1.807) is 21.6 Å². The maximum atomic E-state index is 12.9. The van der Waals surface area contributed by atoms with Gasteiger partial charge in [0.15, 0.2) is 0 Å². The van der Waals surface area contributed by atoms with Gasteiger partial charge in [0.1, 0.15) is 6.04 Å². The number of rotatable bonds is 5. The second-order valence-electron chi connectivity index (χ2n) is 5.52. The van der Waals surface area contributed by atoms with Gasteiger partial charge in [0.2, 0.25) is 11.8 Å². The summed E-state index contributed by atoms with van der Waals surface area (Å²) in [4.78, 5) is 38.6. The Morgan fingerprint density at radius 1 is 1.32 bits per heavy atom. The molecule has 2 aliphatic rings. The van der Waals surface area contributed by atoms with Crippen LogP contribution in [0.25, 0.3) is 0 Å². The van der Waals surface area contributed by atoms with Crippen molar-refractivity contribution in [1.82, 2.24) is 9.80 Å². The molecule has 2 rings (SSSR count). The fourth-order valence-corrected chi connectivity index (χ4v) is 4.04. The summed E-state index contributed by atoms with van der Waals surface area (Å²) >= 11 is 1.55. The van der Waals surface area contributed by atoms with Crippen molar-refractivity contribution in [2.24, 2.45) is 0 Å². The quantitative estimate of drug-likeness (QED) is 0.785. The monoisotopic (exact) mass is 330 g/mol. The zero-order valence-electron chi connectivity index (χ0n) is 12.7. The average Bonchev–Trinajstić information content (AvgIpc) is 2.97. The van der Waals surface area contributed by atoms with Gasteiger partial charge < -0.3 is 19.6 Å². The molecule has 0 aromatic carbocycles. The van der Waals surface area contributed by atoms with Crippen LogP contribution in [0.1, 0.15) is 26.2 Å². The van der Waals surface area contributed by atoms with Crippen LogP contribution in [0.4, 0.5) is 0 Å². The van der Waals surface area contributed by atoms with Crippen LogP contribution in [0.5, 0.6) is 0 Å². The Labute approximate surface area is 134 Å². The third-order valence-electron chi connectivity index (χ3n) is 4.05. The topological polar surface area (TPSA) is 87.2 Å². The second-order valence-corrected chi connectivity index (χ2v) is 6.52. The molecule has 0 unspecified atom stereocenters. The van der Waals surface area contributed by atoms with Crippen molar-refractivity contribution < 1.29 is 24.2 Å². The number of carbonyl (C=O) groups is 3. The van der Waals surface area contributed by atoms with Crippen molar-refractivity contribution in [1.29, 1.82) is 0 Å². The van der Waals surface area contributed by atoms with Crippen LogP contribution in [0.3, 0.4) is 0 Å². The number of carboxylic acid groups (broad SMARTS) is 1. The first-order valence-electron chi connectivity index (χ1n) is 7.45. The van der Waals surface area contributed by atoms with Gasteiger partial charge in [-0.25, -0.2) is 0 Å². The maximum Gasteiger partial charge on any atom is 0.305 e. The van der Waals surface area contributed by atoms with Gasteiger partial charge >= 0.3 is 5.97 Å². The smallest absolute Gasteiger partial charge is 0.305 e. The number of ether oxygens (including phenoxy) is 1. The van der Waals surface area contributed by atoms with Crippen LogP contribution in [0.2, 0.25) is 0 Å². The van der Waals surface area contributed by atoms with Gasteiger partial charge in [0.25, 0.3) is 0 Å². The van der Waals surface area contributed by atoms with E-state index in [1.807, 2.05) is 0 Å². The van der Waals surface area contributed by atoms with E-state index in [9.17, 15) is 14.4 Å². The molecule has 2 amide bonds. The molecule has 1 atom stereocenters. The highest BCUT2D eigenvalue weighted by molar-refractivity contribution is 7.99. The Balaban J connectivity index is 2.10. The molecular weight excluding hydrogens is 308 g/mol. The molecule has 0 aromatic rings. The summed E-state index contributed by atoms with van der Waals surface area (Å²) in [6, 6.07) is -0.473. The van der Waals surface area contributed by atoms with Gasteiger partial charge in [-0.1, -0.05) is 0 Å². The summed E-state index contributed by atoms with van der Waals surface area (Å²) < 4.78 is 5.32. The van der Waals surface area contributed by atoms with Crippen LogP contribution >= 0.6 is 11.8 Å². The van der Waals surface area contributed by atoms with E-state index in [0.717, 1.165) is 0 Å². The zero-order chi connectivity index (χ0) is 16.1. The third-order valence-corrected chi connectivity index (χ3v) is 5.07. The molecule has 0 saturated carbocycles. The average molecular weight is 330 g/mol. The van der Waals surface area contributed by atoms with Crippen molar-refractivity contribution in [3.63, 3.8) is 0 Å². The number of hydrogen-bond donors (Lipinski definition) is 1. The number of amides is 2. The molecule has 124 valence electrons. The number of thioether (sulfide) groups is 1. The van der Waals surface area contributed by atoms with Gasteiger partial charge in [-0.3, -0.25) is 14.4 Å². The number of hydrogen-bond acceptors (Lipinski definition) is 5. The van der Waals surface area contributed by atoms with Gasteiger partial charge in [-0.2, -0.15) is 0 Å². The standard InChI is InChI=1S/C14H22N2O5S/c1-10(17)16-9-22-8-12(16)14(20)15(5-2-13(18)19)11-3-6-21-7-4-11/h11-12H,2-9H2,1H3,(H,18,19)/t12-/m0/s1. The highest BCUT2D eigenvalue weighted by atomic mass is 32.2. The summed E-state index contributed by atoms with van der Waals surface area (Å²) in [7, 11) is 0. The minimum absolute atomic E-state index is 0.00000756. The summed E-state index contributed by atoms with van der Waals surface area (Å²) in [5, 5.41) is 8.92. The lowest BCUT2D eigenvalue weighted by Gasteiger charge is -2.37. The lowest BCUT2D eigenvalue weighted by molar-refractivity contribution is -0.147. The highest BCUT2D eigenvalue weighted by Crippen LogP contribution is 2.25. The second kappa shape index (κ2) is 7.82. The van der Waals surface area contributed by atoms with E-state index in [2.05, 4.69) is 0 Å². The Kier molecular flexibility index (Phi) is 6.07. The molecule has 0 aromatic heterocycles. The number of carbonyl (C=O) groups excluding carboxylic acids is 2. The summed E-state index contributed by atoms with van der Waals surface area (Å²) in [6.45, 7) is 2.81. The molecule has 2 fully saturated rings. The van der Waals surface area contributed by atoms with Gasteiger partial charge in [0, 0.05) is 38.5 Å². The normalized spacial score (nSPS) is 22.6. The van der Waals surface area contributed by atoms with Crippen molar-refractivity contribution in [2.45, 2.75) is 38.3 Å². The van der Waals surface area contributed by atoms with Crippen molar-refractivity contribution >= 4 is 29.5 Å². The van der Waals surface area contributed by atoms with E-state index >= 15 is 0 Å². The van der Waals surface area contributed by atoms with Gasteiger partial charge in [-0.15, -0.1) is 11.8 Å². The van der Waals surface area contributed by atoms with E-state index < -0.39 is 12.0 Å². The largest absolute Gasteiger partial charge is 0.481 e. The molecule has 2 heterocycles. The van der Waals surface area contributed by atoms with Crippen LogP contribution in [-0.4, -0.2) is 76.2 Å². The molecule has 0 radical (unpaired) electrons. The van der Waals surface area contributed by atoms with Gasteiger partial charge in [0.05, 0.1) is 12.3 Å². The highest BCUT2D eigenvalue weighted by Gasteiger charge is 2.38. The lowest BCUT2D eigenvalue weighted by Crippen LogP contribution is -2.53. The Morgan fingerprint density at radius 3 is 2.59 bits per heavy atom. The SMILES string of the molecule is CC(=O)N1CSC[C@H]1C(=O)N(CCC(=O)O)C1CCOCC1. The molecule has 8 heteroatoms. The first kappa shape index (κ1) is 17.1. The van der Waals surface area contributed by atoms with E-state index in [4.69, 9.17) is 9.84 Å². The first-order chi connectivity index (χ1) is 10.5. The molecule has 22 heavy (non-hydrogen) atoms. The Morgan fingerprint density at radius 2 is 2.00 bits per heavy atom. The molecule has 7 nitrogen and oxygen atoms in total. The lowest BCUT2D eigenvalue weighted by atomic mass is 10.1. The predicted molar refractivity (Wildman–Crippen MR) is 81.4 cm³/mol. The van der Waals surface area contributed by atoms with E-state index in [-0.39, 0.29) is 30.8 Å². The van der Waals surface area contributed by atoms with Crippen LogP contribution in [-0.2, 0) is 19.1 Å². The summed E-state index contributed by atoms with van der Waals surface area (Å²) in [6.07, 6.45) is 1.35. The number of nitrogens with zero attached hydrogens (tertiary/aromatic N) is 2. The Bertz CT molecular complexity index is 439. The molecular formula is C14H22N2O5S. The molecule has 0 spiro atoms. The molecule has 0 bridgehead atoms. The zero-order valence-corrected chi connectivity index (χ0v) is 13.5. The van der Waals surface area contributed by atoms with Crippen molar-refractivity contribution in [3.05, 3.63) is 0 Å². The minimum atomic E-state index is -0.922. The van der Waals surface area contributed by atoms with Crippen molar-refractivity contribution in [2.75, 3.05) is 31.4 Å². The Hall–Kier alpha value is -1.28. The number of carboxylic acids is 1. The summed E-state index contributed by atoms with van der Waals surface area (Å²) in [5.74, 6) is -0.0757. The van der Waals surface area contributed by atoms with Crippen LogP contribution in [0, 0.1) is 0 Å². The molecule has 2 aliphatic heterocycles. The van der Waals surface area contributed by atoms with Gasteiger partial charge in [-0.05, 0) is 12.8 Å². The third kappa shape index (κ3) is 4.13. The fourth-order valence-electron chi connectivity index (χ4n) is 2.83. The predicted octanol–water partition coefficient (Wildman–Crippen LogP) is 0.390. The molecule has 2 saturated heterocycles. The van der Waals surface area contributed by atoms with E-state index in [0.29, 0.717) is 37.7 Å². The summed E-state index contributed by atoms with van der Waals surface area (Å²) in [5.41, 5.74) is 0. The van der Waals surface area contributed by atoms with Crippen LogP contribution in [0.15, 0.2) is 0 Å². The molecule has 0 aliphatic carbocycles. The number of aliphatic carboxylic acids is 1.